The summed E-state index contributed by atoms with van der Waals surface area (Å²) in [5.74, 6) is -1.30. The van der Waals surface area contributed by atoms with Gasteiger partial charge >= 0.3 is 11.9 Å². The molecular weight excluding hydrogens is 424 g/mol. The zero-order valence-electron chi connectivity index (χ0n) is 18.0. The number of esters is 2. The maximum absolute atomic E-state index is 12.3. The molecule has 3 rings (SSSR count). The summed E-state index contributed by atoms with van der Waals surface area (Å²) in [7, 11) is 0. The Bertz CT molecular complexity index is 1030. The highest BCUT2D eigenvalue weighted by atomic mass is 16.5. The van der Waals surface area contributed by atoms with E-state index in [1.807, 2.05) is 0 Å². The van der Waals surface area contributed by atoms with Crippen molar-refractivity contribution in [2.75, 3.05) is 11.9 Å². The lowest BCUT2D eigenvalue weighted by Gasteiger charge is -2.11. The van der Waals surface area contributed by atoms with Crippen LogP contribution in [-0.2, 0) is 14.3 Å². The highest BCUT2D eigenvalue weighted by molar-refractivity contribution is 5.93. The van der Waals surface area contributed by atoms with Crippen LogP contribution in [0.25, 0.3) is 6.08 Å². The maximum atomic E-state index is 12.3. The summed E-state index contributed by atoms with van der Waals surface area (Å²) in [6.45, 7) is -0.305. The molecule has 9 heteroatoms. The third-order valence-corrected chi connectivity index (χ3v) is 4.97. The van der Waals surface area contributed by atoms with E-state index in [1.165, 1.54) is 6.08 Å². The fourth-order valence-electron chi connectivity index (χ4n) is 3.35. The average molecular weight is 450 g/mol. The molecule has 0 aliphatic heterocycles. The van der Waals surface area contributed by atoms with Gasteiger partial charge in [0.2, 0.25) is 0 Å². The van der Waals surface area contributed by atoms with Crippen molar-refractivity contribution in [2.45, 2.75) is 31.7 Å². The van der Waals surface area contributed by atoms with Gasteiger partial charge in [-0.05, 0) is 60.9 Å². The van der Waals surface area contributed by atoms with Crippen molar-refractivity contribution < 1.29 is 23.9 Å². The molecule has 9 nitrogen and oxygen atoms in total. The monoisotopic (exact) mass is 450 g/mol. The molecule has 1 saturated carbocycles. The summed E-state index contributed by atoms with van der Waals surface area (Å²) in [5.41, 5.74) is 6.89. The minimum Gasteiger partial charge on any atom is -0.452 e. The number of benzene rings is 2. The molecule has 0 unspecified atom stereocenters. The zero-order chi connectivity index (χ0) is 23.6. The second kappa shape index (κ2) is 11.5. The van der Waals surface area contributed by atoms with E-state index in [-0.39, 0.29) is 24.5 Å². The Morgan fingerprint density at radius 1 is 1.03 bits per heavy atom. The predicted octanol–water partition coefficient (Wildman–Crippen LogP) is 2.83. The fraction of sp³-hybridized carbons (Fsp3) is 0.250. The van der Waals surface area contributed by atoms with Crippen LogP contribution in [0.2, 0.25) is 0 Å². The number of carbonyl (C=O) groups is 3. The maximum Gasteiger partial charge on any atom is 0.343 e. The van der Waals surface area contributed by atoms with Crippen LogP contribution in [0.1, 0.15) is 41.6 Å². The first-order chi connectivity index (χ1) is 15.9. The van der Waals surface area contributed by atoms with E-state index in [2.05, 4.69) is 10.6 Å². The number of rotatable bonds is 8. The van der Waals surface area contributed by atoms with Crippen LogP contribution in [0.3, 0.4) is 0 Å². The number of hydrogen-bond donors (Lipinski definition) is 4. The molecule has 0 bridgehead atoms. The van der Waals surface area contributed by atoms with Crippen LogP contribution in [0.4, 0.5) is 5.69 Å². The second-order valence-electron chi connectivity index (χ2n) is 7.56. The van der Waals surface area contributed by atoms with E-state index in [4.69, 9.17) is 20.6 Å². The number of nitrogens with two attached hydrogens (primary N) is 1. The number of amides is 1. The third kappa shape index (κ3) is 7.80. The van der Waals surface area contributed by atoms with Gasteiger partial charge in [-0.15, -0.1) is 0 Å². The van der Waals surface area contributed by atoms with Crippen molar-refractivity contribution in [3.63, 3.8) is 0 Å². The van der Waals surface area contributed by atoms with Gasteiger partial charge in [-0.1, -0.05) is 25.0 Å². The molecule has 5 N–H and O–H groups in total. The van der Waals surface area contributed by atoms with E-state index >= 15 is 0 Å². The summed E-state index contributed by atoms with van der Waals surface area (Å²) >= 11 is 0. The minimum atomic E-state index is -0.616. The SMILES string of the molecule is N=C(N)Nc1ccc(C(=O)Oc2ccc(C=CC(=O)OCC(=O)NC3CCCC3)cc2)cc1. The summed E-state index contributed by atoms with van der Waals surface area (Å²) in [6, 6.07) is 13.1. The Balaban J connectivity index is 1.44. The number of carbonyl (C=O) groups excluding carboxylic acids is 3. The van der Waals surface area contributed by atoms with E-state index in [0.717, 1.165) is 25.7 Å². The smallest absolute Gasteiger partial charge is 0.343 e. The van der Waals surface area contributed by atoms with Gasteiger partial charge < -0.3 is 25.8 Å². The number of nitrogens with one attached hydrogen (secondary N) is 3. The number of hydrogen-bond acceptors (Lipinski definition) is 6. The fourth-order valence-corrected chi connectivity index (χ4v) is 3.35. The standard InChI is InChI=1S/C24H26N4O5/c25-24(26)28-19-10-8-17(9-11-19)23(31)33-20-12-5-16(6-13-20)7-14-22(30)32-15-21(29)27-18-3-1-2-4-18/h5-14,18H,1-4,15H2,(H,27,29)(H4,25,26,28). The molecule has 0 spiro atoms. The largest absolute Gasteiger partial charge is 0.452 e. The van der Waals surface area contributed by atoms with Crippen molar-refractivity contribution in [3.8, 4) is 5.75 Å². The van der Waals surface area contributed by atoms with Gasteiger partial charge in [0.1, 0.15) is 5.75 Å². The predicted molar refractivity (Wildman–Crippen MR) is 124 cm³/mol. The molecule has 1 aliphatic carbocycles. The van der Waals surface area contributed by atoms with Crippen molar-refractivity contribution in [3.05, 3.63) is 65.7 Å². The quantitative estimate of drug-likeness (QED) is 0.159. The lowest BCUT2D eigenvalue weighted by atomic mass is 10.2. The van der Waals surface area contributed by atoms with E-state index in [0.29, 0.717) is 22.6 Å². The van der Waals surface area contributed by atoms with Gasteiger partial charge in [0.25, 0.3) is 5.91 Å². The molecule has 1 amide bonds. The number of anilines is 1. The van der Waals surface area contributed by atoms with E-state index < -0.39 is 11.9 Å². The first-order valence-corrected chi connectivity index (χ1v) is 10.6. The van der Waals surface area contributed by atoms with Crippen molar-refractivity contribution in [1.82, 2.24) is 5.32 Å². The third-order valence-electron chi connectivity index (χ3n) is 4.97. The lowest BCUT2D eigenvalue weighted by molar-refractivity contribution is -0.144. The molecular formula is C24H26N4O5. The summed E-state index contributed by atoms with van der Waals surface area (Å²) in [5, 5.41) is 12.7. The Hall–Kier alpha value is -4.14. The Labute approximate surface area is 191 Å². The second-order valence-corrected chi connectivity index (χ2v) is 7.56. The van der Waals surface area contributed by atoms with Crippen molar-refractivity contribution in [2.24, 2.45) is 5.73 Å². The molecule has 0 atom stereocenters. The normalized spacial score (nSPS) is 13.5. The molecule has 0 aromatic heterocycles. The van der Waals surface area contributed by atoms with Crippen LogP contribution >= 0.6 is 0 Å². The first kappa shape index (κ1) is 23.5. The van der Waals surface area contributed by atoms with Crippen LogP contribution in [0.15, 0.2) is 54.6 Å². The van der Waals surface area contributed by atoms with Gasteiger partial charge in [0.15, 0.2) is 12.6 Å². The Morgan fingerprint density at radius 3 is 2.33 bits per heavy atom. The molecule has 0 radical (unpaired) electrons. The molecule has 0 heterocycles. The van der Waals surface area contributed by atoms with Gasteiger partial charge in [-0.3, -0.25) is 10.2 Å². The highest BCUT2D eigenvalue weighted by Gasteiger charge is 2.17. The van der Waals surface area contributed by atoms with Crippen molar-refractivity contribution >= 4 is 35.6 Å². The van der Waals surface area contributed by atoms with Crippen LogP contribution in [0.5, 0.6) is 5.75 Å². The molecule has 1 fully saturated rings. The summed E-state index contributed by atoms with van der Waals surface area (Å²) in [6.07, 6.45) is 6.94. The number of guanidine groups is 1. The molecule has 172 valence electrons. The van der Waals surface area contributed by atoms with E-state index in [9.17, 15) is 14.4 Å². The van der Waals surface area contributed by atoms with Gasteiger partial charge in [0.05, 0.1) is 5.56 Å². The molecule has 2 aromatic rings. The molecule has 0 saturated heterocycles. The van der Waals surface area contributed by atoms with Crippen LogP contribution in [0, 0.1) is 5.41 Å². The van der Waals surface area contributed by atoms with Crippen LogP contribution < -0.4 is 21.1 Å². The molecule has 1 aliphatic rings. The minimum absolute atomic E-state index is 0.183. The molecule has 33 heavy (non-hydrogen) atoms. The Kier molecular flexibility index (Phi) is 8.18. The van der Waals surface area contributed by atoms with Crippen LogP contribution in [-0.4, -0.2) is 36.5 Å². The van der Waals surface area contributed by atoms with Gasteiger partial charge in [-0.25, -0.2) is 9.59 Å². The Morgan fingerprint density at radius 2 is 1.70 bits per heavy atom. The van der Waals surface area contributed by atoms with Gasteiger partial charge in [-0.2, -0.15) is 0 Å². The zero-order valence-corrected chi connectivity index (χ0v) is 18.0. The summed E-state index contributed by atoms with van der Waals surface area (Å²) in [4.78, 5) is 35.9. The lowest BCUT2D eigenvalue weighted by Crippen LogP contribution is -2.35. The highest BCUT2D eigenvalue weighted by Crippen LogP contribution is 2.18. The first-order valence-electron chi connectivity index (χ1n) is 10.6. The summed E-state index contributed by atoms with van der Waals surface area (Å²) < 4.78 is 10.3. The molecule has 2 aromatic carbocycles. The number of ether oxygens (including phenoxy) is 2. The topological polar surface area (TPSA) is 144 Å². The van der Waals surface area contributed by atoms with Crippen molar-refractivity contribution in [1.29, 1.82) is 5.41 Å². The average Bonchev–Trinajstić information content (AvgIpc) is 3.30. The van der Waals surface area contributed by atoms with E-state index in [1.54, 1.807) is 54.6 Å². The van der Waals surface area contributed by atoms with Gasteiger partial charge in [0, 0.05) is 17.8 Å².